The predicted octanol–water partition coefficient (Wildman–Crippen LogP) is 4.74. The molecular formula is C29H33N7O. The summed E-state index contributed by atoms with van der Waals surface area (Å²) < 4.78 is 0. The maximum atomic E-state index is 13.3. The fraction of sp³-hybridized carbons (Fsp3) is 0.379. The first-order valence-corrected chi connectivity index (χ1v) is 13.0. The van der Waals surface area contributed by atoms with Gasteiger partial charge < -0.3 is 21.0 Å². The van der Waals surface area contributed by atoms with Gasteiger partial charge >= 0.3 is 0 Å². The van der Waals surface area contributed by atoms with Gasteiger partial charge in [0, 0.05) is 43.8 Å². The van der Waals surface area contributed by atoms with E-state index in [0.29, 0.717) is 36.0 Å². The van der Waals surface area contributed by atoms with Crippen molar-refractivity contribution < 1.29 is 4.79 Å². The lowest BCUT2D eigenvalue weighted by molar-refractivity contribution is 0.0917. The SMILES string of the molecule is CC1(NC(=O)c2cc3c(cn2)CCN(c2ncccn2)C3)C=CC=C(C(=N)/C2=C/C(=N)CCCCC2)C1. The normalized spacial score (nSPS) is 23.2. The highest BCUT2D eigenvalue weighted by Gasteiger charge is 2.30. The molecule has 1 aliphatic heterocycles. The predicted molar refractivity (Wildman–Crippen MR) is 145 cm³/mol. The van der Waals surface area contributed by atoms with Gasteiger partial charge in [-0.3, -0.25) is 9.78 Å². The van der Waals surface area contributed by atoms with Crippen LogP contribution in [0.1, 0.15) is 67.1 Å². The van der Waals surface area contributed by atoms with Gasteiger partial charge in [-0.2, -0.15) is 0 Å². The lowest BCUT2D eigenvalue weighted by Gasteiger charge is -2.32. The number of hydrogen-bond acceptors (Lipinski definition) is 7. The second kappa shape index (κ2) is 10.6. The molecule has 5 rings (SSSR count). The number of hydrogen-bond donors (Lipinski definition) is 3. The van der Waals surface area contributed by atoms with Crippen LogP contribution in [-0.2, 0) is 13.0 Å². The number of carbonyl (C=O) groups excluding carboxylic acids is 1. The zero-order valence-corrected chi connectivity index (χ0v) is 21.3. The molecule has 8 heteroatoms. The maximum Gasteiger partial charge on any atom is 0.270 e. The van der Waals surface area contributed by atoms with Crippen LogP contribution < -0.4 is 10.2 Å². The molecule has 1 amide bonds. The summed E-state index contributed by atoms with van der Waals surface area (Å²) in [6.45, 7) is 3.42. The lowest BCUT2D eigenvalue weighted by atomic mass is 9.82. The first-order valence-electron chi connectivity index (χ1n) is 13.0. The number of allylic oxidation sites excluding steroid dienone is 4. The van der Waals surface area contributed by atoms with E-state index in [1.165, 1.54) is 0 Å². The highest BCUT2D eigenvalue weighted by Crippen LogP contribution is 2.29. The molecule has 37 heavy (non-hydrogen) atoms. The minimum atomic E-state index is -0.634. The number of carbonyl (C=O) groups is 1. The minimum absolute atomic E-state index is 0.234. The molecule has 3 aliphatic rings. The van der Waals surface area contributed by atoms with Gasteiger partial charge in [-0.15, -0.1) is 0 Å². The Labute approximate surface area is 217 Å². The van der Waals surface area contributed by atoms with Crippen LogP contribution in [0.2, 0.25) is 0 Å². The zero-order chi connectivity index (χ0) is 25.8. The van der Waals surface area contributed by atoms with Crippen LogP contribution in [0.4, 0.5) is 5.95 Å². The van der Waals surface area contributed by atoms with E-state index in [1.54, 1.807) is 18.5 Å². The molecule has 2 aromatic heterocycles. The average molecular weight is 496 g/mol. The van der Waals surface area contributed by atoms with Crippen LogP contribution >= 0.6 is 0 Å². The van der Waals surface area contributed by atoms with Gasteiger partial charge in [-0.1, -0.05) is 24.6 Å². The largest absolute Gasteiger partial charge is 0.342 e. The third-order valence-electron chi connectivity index (χ3n) is 7.26. The second-order valence-electron chi connectivity index (χ2n) is 10.3. The monoisotopic (exact) mass is 495 g/mol. The van der Waals surface area contributed by atoms with E-state index in [2.05, 4.69) is 25.2 Å². The summed E-state index contributed by atoms with van der Waals surface area (Å²) in [4.78, 5) is 28.6. The Balaban J connectivity index is 1.28. The number of fused-ring (bicyclic) bond motifs is 1. The van der Waals surface area contributed by atoms with Gasteiger partial charge in [0.15, 0.2) is 0 Å². The Bertz CT molecular complexity index is 1310. The number of amides is 1. The van der Waals surface area contributed by atoms with Crippen LogP contribution in [0, 0.1) is 10.8 Å². The van der Waals surface area contributed by atoms with E-state index in [4.69, 9.17) is 10.8 Å². The van der Waals surface area contributed by atoms with Gasteiger partial charge in [0.05, 0.1) is 11.3 Å². The van der Waals surface area contributed by atoms with E-state index >= 15 is 0 Å². The Morgan fingerprint density at radius 3 is 2.70 bits per heavy atom. The molecule has 1 unspecified atom stereocenters. The Hall–Kier alpha value is -3.94. The van der Waals surface area contributed by atoms with Crippen LogP contribution in [0.3, 0.4) is 0 Å². The highest BCUT2D eigenvalue weighted by molar-refractivity contribution is 6.14. The highest BCUT2D eigenvalue weighted by atomic mass is 16.2. The molecule has 0 spiro atoms. The topological polar surface area (TPSA) is 119 Å². The molecule has 190 valence electrons. The van der Waals surface area contributed by atoms with Crippen molar-refractivity contribution in [1.82, 2.24) is 20.3 Å². The molecule has 0 fully saturated rings. The molecule has 3 heterocycles. The molecule has 8 nitrogen and oxygen atoms in total. The van der Waals surface area contributed by atoms with Gasteiger partial charge in [-0.25, -0.2) is 9.97 Å². The Kier molecular flexibility index (Phi) is 7.08. The van der Waals surface area contributed by atoms with Crippen molar-refractivity contribution in [3.63, 3.8) is 0 Å². The summed E-state index contributed by atoms with van der Waals surface area (Å²) in [5.74, 6) is 0.454. The van der Waals surface area contributed by atoms with Gasteiger partial charge in [0.25, 0.3) is 5.91 Å². The molecule has 0 saturated heterocycles. The van der Waals surface area contributed by atoms with E-state index in [0.717, 1.165) is 67.3 Å². The van der Waals surface area contributed by atoms with E-state index < -0.39 is 5.54 Å². The molecule has 0 saturated carbocycles. The smallest absolute Gasteiger partial charge is 0.270 e. The summed E-state index contributed by atoms with van der Waals surface area (Å²) in [6, 6.07) is 3.68. The number of rotatable bonds is 5. The van der Waals surface area contributed by atoms with E-state index in [9.17, 15) is 4.79 Å². The molecular weight excluding hydrogens is 462 g/mol. The van der Waals surface area contributed by atoms with Crippen molar-refractivity contribution in [2.75, 3.05) is 11.4 Å². The molecule has 0 aromatic carbocycles. The summed E-state index contributed by atoms with van der Waals surface area (Å²) in [5.41, 5.74) is 4.82. The Morgan fingerprint density at radius 2 is 1.86 bits per heavy atom. The van der Waals surface area contributed by atoms with Gasteiger partial charge in [-0.05, 0) is 79.5 Å². The third-order valence-corrected chi connectivity index (χ3v) is 7.26. The summed E-state index contributed by atoms with van der Waals surface area (Å²) >= 11 is 0. The van der Waals surface area contributed by atoms with Gasteiger partial charge in [0.2, 0.25) is 5.95 Å². The summed E-state index contributed by atoms with van der Waals surface area (Å²) in [5, 5.41) is 20.2. The van der Waals surface area contributed by atoms with Crippen LogP contribution in [0.15, 0.2) is 66.2 Å². The average Bonchev–Trinajstić information content (AvgIpc) is 2.90. The van der Waals surface area contributed by atoms with Crippen LogP contribution in [0.5, 0.6) is 0 Å². The van der Waals surface area contributed by atoms with Crippen molar-refractivity contribution >= 4 is 23.3 Å². The fourth-order valence-electron chi connectivity index (χ4n) is 5.22. The number of nitrogens with one attached hydrogen (secondary N) is 3. The van der Waals surface area contributed by atoms with Crippen LogP contribution in [0.25, 0.3) is 0 Å². The van der Waals surface area contributed by atoms with Crippen molar-refractivity contribution in [1.29, 1.82) is 10.8 Å². The van der Waals surface area contributed by atoms with Crippen molar-refractivity contribution in [2.24, 2.45) is 0 Å². The molecule has 3 N–H and O–H groups in total. The Morgan fingerprint density at radius 1 is 1.05 bits per heavy atom. The van der Waals surface area contributed by atoms with Crippen molar-refractivity contribution in [3.05, 3.63) is 83.0 Å². The van der Waals surface area contributed by atoms with Crippen molar-refractivity contribution in [2.45, 2.75) is 64.0 Å². The molecule has 2 aromatic rings. The number of aromatic nitrogens is 3. The number of anilines is 1. The van der Waals surface area contributed by atoms with E-state index in [-0.39, 0.29) is 5.91 Å². The minimum Gasteiger partial charge on any atom is -0.342 e. The number of nitrogens with zero attached hydrogens (tertiary/aromatic N) is 4. The standard InChI is InChI=1S/C29H33N7O/c1-29(11-5-8-21(17-29)26(31)20-7-3-2-4-9-24(30)15-20)35-27(37)25-16-23-19-36(14-10-22(23)18-34-25)28-32-12-6-13-33-28/h5-6,8,11-13,15-16,18,30-31H,2-4,7,9-10,14,17,19H2,1H3,(H,35,37)/b20-15+,30-24?,31-26?. The fourth-order valence-corrected chi connectivity index (χ4v) is 5.22. The molecule has 1 atom stereocenters. The maximum absolute atomic E-state index is 13.3. The second-order valence-corrected chi connectivity index (χ2v) is 10.3. The first-order chi connectivity index (χ1) is 17.9. The summed E-state index contributed by atoms with van der Waals surface area (Å²) in [6.07, 6.45) is 19.1. The van der Waals surface area contributed by atoms with E-state index in [1.807, 2.05) is 43.5 Å². The first kappa shape index (κ1) is 24.7. The third kappa shape index (κ3) is 5.74. The molecule has 0 bridgehead atoms. The van der Waals surface area contributed by atoms with Crippen LogP contribution in [-0.4, -0.2) is 44.4 Å². The molecule has 0 radical (unpaired) electrons. The van der Waals surface area contributed by atoms with Gasteiger partial charge in [0.1, 0.15) is 5.69 Å². The van der Waals surface area contributed by atoms with Crippen molar-refractivity contribution in [3.8, 4) is 0 Å². The number of pyridine rings is 1. The lowest BCUT2D eigenvalue weighted by Crippen LogP contribution is -2.46. The summed E-state index contributed by atoms with van der Waals surface area (Å²) in [7, 11) is 0. The quantitative estimate of drug-likeness (QED) is 0.518. The molecule has 2 aliphatic carbocycles. The zero-order valence-electron chi connectivity index (χ0n) is 21.3.